The number of nitrogens with one attached hydrogen (secondary N) is 1. The molecule has 1 atom stereocenters. The Morgan fingerprint density at radius 1 is 1.25 bits per heavy atom. The molecule has 20 heavy (non-hydrogen) atoms. The average Bonchev–Trinajstić information content (AvgIpc) is 2.78. The number of nitrogens with zero attached hydrogens (tertiary/aromatic N) is 1. The van der Waals surface area contributed by atoms with Gasteiger partial charge in [0.15, 0.2) is 5.17 Å². The van der Waals surface area contributed by atoms with Crippen molar-refractivity contribution in [3.05, 3.63) is 30.3 Å². The third kappa shape index (κ3) is 2.10. The molecule has 104 valence electrons. The molecule has 1 spiro atoms. The molecule has 0 aliphatic carbocycles. The second-order valence-corrected chi connectivity index (χ2v) is 6.75. The van der Waals surface area contributed by atoms with Crippen molar-refractivity contribution < 1.29 is 14.3 Å². The maximum Gasteiger partial charge on any atom is 0.333 e. The number of hydrogen-bond acceptors (Lipinski definition) is 5. The number of ether oxygens (including phenoxy) is 1. The van der Waals surface area contributed by atoms with Gasteiger partial charge in [-0.2, -0.15) is 0 Å². The molecule has 2 heterocycles. The van der Waals surface area contributed by atoms with Gasteiger partial charge in [-0.25, -0.2) is 9.79 Å². The second-order valence-electron chi connectivity index (χ2n) is 5.46. The first-order chi connectivity index (χ1) is 9.41. The summed E-state index contributed by atoms with van der Waals surface area (Å²) >= 11 is 1.15. The quantitative estimate of drug-likeness (QED) is 0.634. The molecular weight excluding hydrogens is 276 g/mol. The molecule has 1 aromatic rings. The Kier molecular flexibility index (Phi) is 2.86. The van der Waals surface area contributed by atoms with Crippen LogP contribution in [-0.4, -0.2) is 27.4 Å². The number of hydrogen-bond donors (Lipinski definition) is 1. The smallest absolute Gasteiger partial charge is 0.333 e. The van der Waals surface area contributed by atoms with E-state index in [1.165, 1.54) is 0 Å². The van der Waals surface area contributed by atoms with Crippen LogP contribution in [0.15, 0.2) is 35.3 Å². The van der Waals surface area contributed by atoms with Gasteiger partial charge in [0, 0.05) is 6.42 Å². The third-order valence-electron chi connectivity index (χ3n) is 3.22. The van der Waals surface area contributed by atoms with E-state index < -0.39 is 16.3 Å². The molecule has 6 heteroatoms. The summed E-state index contributed by atoms with van der Waals surface area (Å²) in [5, 5.41) is 3.12. The molecule has 0 radical (unpaired) electrons. The molecule has 2 fully saturated rings. The zero-order chi connectivity index (χ0) is 14.4. The highest BCUT2D eigenvalue weighted by atomic mass is 32.2. The van der Waals surface area contributed by atoms with Crippen LogP contribution in [0.2, 0.25) is 0 Å². The molecule has 1 unspecified atom stereocenters. The van der Waals surface area contributed by atoms with Gasteiger partial charge >= 0.3 is 5.97 Å². The SMILES string of the molecule is CC1(C)CC2(SC(=Nc3ccccc3)NC2=O)C(=O)O1. The van der Waals surface area contributed by atoms with E-state index in [2.05, 4.69) is 10.3 Å². The lowest BCUT2D eigenvalue weighted by Crippen LogP contribution is -2.40. The van der Waals surface area contributed by atoms with E-state index in [0.29, 0.717) is 11.6 Å². The fourth-order valence-corrected chi connectivity index (χ4v) is 3.71. The molecule has 2 saturated heterocycles. The number of esters is 1. The van der Waals surface area contributed by atoms with E-state index in [9.17, 15) is 9.59 Å². The van der Waals surface area contributed by atoms with E-state index >= 15 is 0 Å². The summed E-state index contributed by atoms with van der Waals surface area (Å²) in [5.41, 5.74) is 0.113. The summed E-state index contributed by atoms with van der Waals surface area (Å²) in [6.45, 7) is 3.61. The maximum atomic E-state index is 12.2. The minimum absolute atomic E-state index is 0.340. The Morgan fingerprint density at radius 2 is 1.95 bits per heavy atom. The summed E-state index contributed by atoms with van der Waals surface area (Å²) < 4.78 is 4.10. The molecule has 5 nitrogen and oxygen atoms in total. The van der Waals surface area contributed by atoms with Gasteiger partial charge < -0.3 is 10.1 Å². The minimum Gasteiger partial charge on any atom is -0.458 e. The van der Waals surface area contributed by atoms with Crippen LogP contribution in [0.25, 0.3) is 0 Å². The van der Waals surface area contributed by atoms with Gasteiger partial charge in [-0.15, -0.1) is 0 Å². The zero-order valence-corrected chi connectivity index (χ0v) is 12.0. The number of cyclic esters (lactones) is 1. The van der Waals surface area contributed by atoms with Crippen LogP contribution < -0.4 is 5.32 Å². The Bertz CT molecular complexity index is 612. The van der Waals surface area contributed by atoms with Gasteiger partial charge in [0.25, 0.3) is 5.91 Å². The molecule has 1 amide bonds. The molecular formula is C14H14N2O3S. The minimum atomic E-state index is -1.18. The highest BCUT2D eigenvalue weighted by Crippen LogP contribution is 2.46. The van der Waals surface area contributed by atoms with Crippen molar-refractivity contribution >= 4 is 34.5 Å². The Morgan fingerprint density at radius 3 is 2.55 bits per heavy atom. The number of benzene rings is 1. The summed E-state index contributed by atoms with van der Waals surface area (Å²) in [4.78, 5) is 28.6. The molecule has 1 aromatic carbocycles. The number of carbonyl (C=O) groups is 2. The van der Waals surface area contributed by atoms with Crippen LogP contribution in [0.4, 0.5) is 5.69 Å². The first kappa shape index (κ1) is 13.2. The average molecular weight is 290 g/mol. The molecule has 1 N–H and O–H groups in total. The highest BCUT2D eigenvalue weighted by Gasteiger charge is 2.62. The maximum absolute atomic E-state index is 12.2. The molecule has 3 rings (SSSR count). The van der Waals surface area contributed by atoms with Gasteiger partial charge in [0.2, 0.25) is 4.75 Å². The summed E-state index contributed by atoms with van der Waals surface area (Å²) in [6, 6.07) is 9.29. The predicted molar refractivity (Wildman–Crippen MR) is 76.8 cm³/mol. The van der Waals surface area contributed by atoms with E-state index in [0.717, 1.165) is 17.4 Å². The van der Waals surface area contributed by atoms with Gasteiger partial charge in [0.05, 0.1) is 5.69 Å². The normalized spacial score (nSPS) is 29.8. The number of rotatable bonds is 1. The Hall–Kier alpha value is -1.82. The molecule has 0 saturated carbocycles. The second kappa shape index (κ2) is 4.34. The lowest BCUT2D eigenvalue weighted by atomic mass is 9.96. The number of carbonyl (C=O) groups excluding carboxylic acids is 2. The lowest BCUT2D eigenvalue weighted by Gasteiger charge is -2.15. The van der Waals surface area contributed by atoms with Crippen LogP contribution in [0, 0.1) is 0 Å². The molecule has 2 aliphatic heterocycles. The van der Waals surface area contributed by atoms with Crippen molar-refractivity contribution in [3.8, 4) is 0 Å². The highest BCUT2D eigenvalue weighted by molar-refractivity contribution is 8.17. The zero-order valence-electron chi connectivity index (χ0n) is 11.2. The summed E-state index contributed by atoms with van der Waals surface area (Å²) in [7, 11) is 0. The van der Waals surface area contributed by atoms with Crippen molar-refractivity contribution in [2.24, 2.45) is 4.99 Å². The van der Waals surface area contributed by atoms with Crippen molar-refractivity contribution in [1.29, 1.82) is 0 Å². The number of para-hydroxylation sites is 1. The summed E-state index contributed by atoms with van der Waals surface area (Å²) in [6.07, 6.45) is 0.350. The molecule has 0 bridgehead atoms. The van der Waals surface area contributed by atoms with E-state index in [-0.39, 0.29) is 5.91 Å². The largest absolute Gasteiger partial charge is 0.458 e. The van der Waals surface area contributed by atoms with Crippen molar-refractivity contribution in [1.82, 2.24) is 5.32 Å². The van der Waals surface area contributed by atoms with Crippen molar-refractivity contribution in [2.45, 2.75) is 30.6 Å². The fourth-order valence-electron chi connectivity index (χ4n) is 2.40. The lowest BCUT2D eigenvalue weighted by molar-refractivity contribution is -0.148. The first-order valence-corrected chi connectivity index (χ1v) is 7.11. The summed E-state index contributed by atoms with van der Waals surface area (Å²) in [5.74, 6) is -0.823. The van der Waals surface area contributed by atoms with Crippen LogP contribution in [0.1, 0.15) is 20.3 Å². The van der Waals surface area contributed by atoms with Crippen LogP contribution in [0.5, 0.6) is 0 Å². The van der Waals surface area contributed by atoms with E-state index in [4.69, 9.17) is 4.74 Å². The van der Waals surface area contributed by atoms with Gasteiger partial charge in [-0.3, -0.25) is 4.79 Å². The Balaban J connectivity index is 1.90. The van der Waals surface area contributed by atoms with Gasteiger partial charge in [-0.1, -0.05) is 30.0 Å². The fraction of sp³-hybridized carbons (Fsp3) is 0.357. The van der Waals surface area contributed by atoms with E-state index in [1.54, 1.807) is 13.8 Å². The number of amides is 1. The topological polar surface area (TPSA) is 67.8 Å². The Labute approximate surface area is 120 Å². The predicted octanol–water partition coefficient (Wildman–Crippen LogP) is 2.00. The standard InChI is InChI=1S/C14H14N2O3S/c1-13(2)8-14(11(18)19-13)10(17)16-12(20-14)15-9-6-4-3-5-7-9/h3-7H,8H2,1-2H3,(H,15,16,17). The van der Waals surface area contributed by atoms with Crippen LogP contribution in [-0.2, 0) is 14.3 Å². The van der Waals surface area contributed by atoms with Gasteiger partial charge in [-0.05, 0) is 26.0 Å². The van der Waals surface area contributed by atoms with E-state index in [1.807, 2.05) is 30.3 Å². The van der Waals surface area contributed by atoms with Crippen molar-refractivity contribution in [3.63, 3.8) is 0 Å². The van der Waals surface area contributed by atoms with Crippen LogP contribution >= 0.6 is 11.8 Å². The van der Waals surface area contributed by atoms with Gasteiger partial charge in [0.1, 0.15) is 5.60 Å². The number of amidine groups is 1. The number of thioether (sulfide) groups is 1. The van der Waals surface area contributed by atoms with Crippen molar-refractivity contribution in [2.75, 3.05) is 0 Å². The third-order valence-corrected chi connectivity index (χ3v) is 4.45. The molecule has 2 aliphatic rings. The molecule has 0 aromatic heterocycles. The monoisotopic (exact) mass is 290 g/mol. The van der Waals surface area contributed by atoms with Crippen LogP contribution in [0.3, 0.4) is 0 Å². The number of aliphatic imine (C=N–C) groups is 1. The first-order valence-electron chi connectivity index (χ1n) is 6.29.